The van der Waals surface area contributed by atoms with Crippen molar-refractivity contribution in [3.8, 4) is 5.75 Å². The predicted octanol–water partition coefficient (Wildman–Crippen LogP) is 1.07. The lowest BCUT2D eigenvalue weighted by molar-refractivity contribution is 0.122. The van der Waals surface area contributed by atoms with Crippen LogP contribution in [0.2, 0.25) is 0 Å². The van der Waals surface area contributed by atoms with Gasteiger partial charge in [-0.2, -0.15) is 0 Å². The lowest BCUT2D eigenvalue weighted by atomic mass is 10.2. The average Bonchev–Trinajstić information content (AvgIpc) is 2.48. The number of nitrogens with zero attached hydrogens (tertiary/aromatic N) is 2. The van der Waals surface area contributed by atoms with Crippen LogP contribution in [0.1, 0.15) is 0 Å². The number of hydrogen-bond donors (Lipinski definition) is 1. The fraction of sp³-hybridized carbons (Fsp3) is 0.571. The standard InChI is InChI=1S/C14H20N2O3/c17-14-10-12(15-1-5-18-6-2-15)9-13(11-14)16-3-7-19-8-4-16/h9-11,17H,1-8H2. The molecule has 0 bridgehead atoms. The van der Waals surface area contributed by atoms with Crippen LogP contribution in [-0.4, -0.2) is 57.7 Å². The molecule has 5 nitrogen and oxygen atoms in total. The van der Waals surface area contributed by atoms with Gasteiger partial charge in [0.15, 0.2) is 0 Å². The van der Waals surface area contributed by atoms with Crippen LogP contribution >= 0.6 is 0 Å². The molecule has 2 aliphatic rings. The van der Waals surface area contributed by atoms with Crippen LogP contribution in [0, 0.1) is 0 Å². The van der Waals surface area contributed by atoms with Crippen LogP contribution in [0.25, 0.3) is 0 Å². The van der Waals surface area contributed by atoms with Gasteiger partial charge in [-0.1, -0.05) is 0 Å². The van der Waals surface area contributed by atoms with E-state index < -0.39 is 0 Å². The first-order chi connectivity index (χ1) is 9.33. The number of ether oxygens (including phenoxy) is 2. The van der Waals surface area contributed by atoms with Gasteiger partial charge >= 0.3 is 0 Å². The number of benzene rings is 1. The fourth-order valence-corrected chi connectivity index (χ4v) is 2.59. The summed E-state index contributed by atoms with van der Waals surface area (Å²) in [5.74, 6) is 0.325. The normalized spacial score (nSPS) is 20.6. The molecular formula is C14H20N2O3. The summed E-state index contributed by atoms with van der Waals surface area (Å²) in [7, 11) is 0. The average molecular weight is 264 g/mol. The maximum absolute atomic E-state index is 9.94. The number of rotatable bonds is 2. The molecule has 3 rings (SSSR count). The van der Waals surface area contributed by atoms with Crippen LogP contribution in [0.4, 0.5) is 11.4 Å². The molecular weight excluding hydrogens is 244 g/mol. The summed E-state index contributed by atoms with van der Waals surface area (Å²) in [6.45, 7) is 6.53. The number of anilines is 2. The molecule has 2 aliphatic heterocycles. The van der Waals surface area contributed by atoms with Crippen molar-refractivity contribution >= 4 is 11.4 Å². The third-order valence-corrected chi connectivity index (χ3v) is 3.64. The van der Waals surface area contributed by atoms with Crippen LogP contribution < -0.4 is 9.80 Å². The van der Waals surface area contributed by atoms with Gasteiger partial charge < -0.3 is 24.4 Å². The topological polar surface area (TPSA) is 45.2 Å². The highest BCUT2D eigenvalue weighted by atomic mass is 16.5. The van der Waals surface area contributed by atoms with Gasteiger partial charge in [0.2, 0.25) is 0 Å². The molecule has 1 N–H and O–H groups in total. The number of phenolic OH excluding ortho intramolecular Hbond substituents is 1. The van der Waals surface area contributed by atoms with Crippen molar-refractivity contribution in [2.24, 2.45) is 0 Å². The first-order valence-electron chi connectivity index (χ1n) is 6.82. The van der Waals surface area contributed by atoms with E-state index in [0.717, 1.165) is 64.0 Å². The minimum atomic E-state index is 0.325. The second kappa shape index (κ2) is 5.67. The van der Waals surface area contributed by atoms with Crippen molar-refractivity contribution < 1.29 is 14.6 Å². The van der Waals surface area contributed by atoms with E-state index in [0.29, 0.717) is 5.75 Å². The van der Waals surface area contributed by atoms with E-state index in [1.165, 1.54) is 0 Å². The minimum absolute atomic E-state index is 0.325. The molecule has 0 saturated carbocycles. The summed E-state index contributed by atoms with van der Waals surface area (Å²) in [6, 6.07) is 5.81. The maximum Gasteiger partial charge on any atom is 0.119 e. The summed E-state index contributed by atoms with van der Waals surface area (Å²) in [5, 5.41) is 9.94. The molecule has 0 aliphatic carbocycles. The van der Waals surface area contributed by atoms with Crippen molar-refractivity contribution in [2.75, 3.05) is 62.4 Å². The molecule has 2 heterocycles. The Kier molecular flexibility index (Phi) is 3.75. The molecule has 5 heteroatoms. The number of morpholine rings is 2. The zero-order valence-corrected chi connectivity index (χ0v) is 11.0. The van der Waals surface area contributed by atoms with Gasteiger partial charge in [-0.05, 0) is 6.07 Å². The lowest BCUT2D eigenvalue weighted by Crippen LogP contribution is -2.37. The Bertz CT molecular complexity index is 390. The number of phenols is 1. The predicted molar refractivity (Wildman–Crippen MR) is 74.2 cm³/mol. The smallest absolute Gasteiger partial charge is 0.119 e. The van der Waals surface area contributed by atoms with Gasteiger partial charge in [-0.25, -0.2) is 0 Å². The molecule has 0 aromatic heterocycles. The minimum Gasteiger partial charge on any atom is -0.508 e. The molecule has 0 spiro atoms. The van der Waals surface area contributed by atoms with Gasteiger partial charge in [0.1, 0.15) is 5.75 Å². The number of aromatic hydroxyl groups is 1. The van der Waals surface area contributed by atoms with Crippen LogP contribution in [0.5, 0.6) is 5.75 Å². The van der Waals surface area contributed by atoms with E-state index in [1.54, 1.807) is 0 Å². The molecule has 1 aromatic carbocycles. The molecule has 2 fully saturated rings. The molecule has 1 aromatic rings. The quantitative estimate of drug-likeness (QED) is 0.865. The molecule has 0 unspecified atom stereocenters. The Balaban J connectivity index is 1.82. The third kappa shape index (κ3) is 2.93. The highest BCUT2D eigenvalue weighted by molar-refractivity contribution is 5.63. The van der Waals surface area contributed by atoms with Gasteiger partial charge in [0.05, 0.1) is 26.4 Å². The molecule has 104 valence electrons. The van der Waals surface area contributed by atoms with Gasteiger partial charge in [-0.15, -0.1) is 0 Å². The maximum atomic E-state index is 9.94. The van der Waals surface area contributed by atoms with E-state index in [9.17, 15) is 5.11 Å². The second-order valence-electron chi connectivity index (χ2n) is 4.91. The molecule has 0 radical (unpaired) electrons. The van der Waals surface area contributed by atoms with E-state index in [1.807, 2.05) is 12.1 Å². The molecule has 19 heavy (non-hydrogen) atoms. The van der Waals surface area contributed by atoms with E-state index >= 15 is 0 Å². The molecule has 0 amide bonds. The van der Waals surface area contributed by atoms with Crippen molar-refractivity contribution in [2.45, 2.75) is 0 Å². The Morgan fingerprint density at radius 1 is 0.737 bits per heavy atom. The third-order valence-electron chi connectivity index (χ3n) is 3.64. The highest BCUT2D eigenvalue weighted by Gasteiger charge is 2.16. The summed E-state index contributed by atoms with van der Waals surface area (Å²) >= 11 is 0. The Morgan fingerprint density at radius 2 is 1.16 bits per heavy atom. The second-order valence-corrected chi connectivity index (χ2v) is 4.91. The fourth-order valence-electron chi connectivity index (χ4n) is 2.59. The van der Waals surface area contributed by atoms with Gasteiger partial charge in [0.25, 0.3) is 0 Å². The van der Waals surface area contributed by atoms with E-state index in [2.05, 4.69) is 15.9 Å². The number of hydrogen-bond acceptors (Lipinski definition) is 5. The van der Waals surface area contributed by atoms with Crippen molar-refractivity contribution in [1.29, 1.82) is 0 Å². The Hall–Kier alpha value is -1.46. The van der Waals surface area contributed by atoms with E-state index in [-0.39, 0.29) is 0 Å². The zero-order chi connectivity index (χ0) is 13.1. The largest absolute Gasteiger partial charge is 0.508 e. The van der Waals surface area contributed by atoms with Gasteiger partial charge in [-0.3, -0.25) is 0 Å². The highest BCUT2D eigenvalue weighted by Crippen LogP contribution is 2.29. The van der Waals surface area contributed by atoms with Crippen molar-refractivity contribution in [3.63, 3.8) is 0 Å². The Labute approximate surface area is 113 Å². The monoisotopic (exact) mass is 264 g/mol. The summed E-state index contributed by atoms with van der Waals surface area (Å²) in [6.07, 6.45) is 0. The Morgan fingerprint density at radius 3 is 1.58 bits per heavy atom. The van der Waals surface area contributed by atoms with Crippen LogP contribution in [-0.2, 0) is 9.47 Å². The van der Waals surface area contributed by atoms with Crippen LogP contribution in [0.15, 0.2) is 18.2 Å². The molecule has 2 saturated heterocycles. The first kappa shape index (κ1) is 12.6. The summed E-state index contributed by atoms with van der Waals surface area (Å²) < 4.78 is 10.7. The van der Waals surface area contributed by atoms with Gasteiger partial charge in [0, 0.05) is 49.7 Å². The summed E-state index contributed by atoms with van der Waals surface area (Å²) in [4.78, 5) is 4.51. The van der Waals surface area contributed by atoms with Crippen molar-refractivity contribution in [3.05, 3.63) is 18.2 Å². The van der Waals surface area contributed by atoms with E-state index in [4.69, 9.17) is 9.47 Å². The first-order valence-corrected chi connectivity index (χ1v) is 6.82. The van der Waals surface area contributed by atoms with Crippen molar-refractivity contribution in [1.82, 2.24) is 0 Å². The molecule has 0 atom stereocenters. The lowest BCUT2D eigenvalue weighted by Gasteiger charge is -2.32. The van der Waals surface area contributed by atoms with Crippen LogP contribution in [0.3, 0.4) is 0 Å². The zero-order valence-electron chi connectivity index (χ0n) is 11.0. The summed E-state index contributed by atoms with van der Waals surface area (Å²) in [5.41, 5.74) is 2.15. The SMILES string of the molecule is Oc1cc(N2CCOCC2)cc(N2CCOCC2)c1.